The first-order chi connectivity index (χ1) is 9.06. The number of hydrogen-bond acceptors (Lipinski definition) is 3. The molecule has 0 spiro atoms. The summed E-state index contributed by atoms with van der Waals surface area (Å²) >= 11 is 11.8. The van der Waals surface area contributed by atoms with Crippen molar-refractivity contribution >= 4 is 34.9 Å². The molecule has 0 aliphatic carbocycles. The van der Waals surface area contributed by atoms with Crippen molar-refractivity contribution < 1.29 is 9.53 Å². The number of hydrogen-bond donors (Lipinski definition) is 1. The Morgan fingerprint density at radius 2 is 1.95 bits per heavy atom. The van der Waals surface area contributed by atoms with Crippen molar-refractivity contribution in [1.29, 1.82) is 0 Å². The summed E-state index contributed by atoms with van der Waals surface area (Å²) in [5, 5.41) is 1.00. The zero-order valence-electron chi connectivity index (χ0n) is 9.90. The minimum atomic E-state index is -0.446. The lowest BCUT2D eigenvalue weighted by Gasteiger charge is -2.07. The van der Waals surface area contributed by atoms with E-state index in [-0.39, 0.29) is 6.61 Å². The average molecular weight is 296 g/mol. The lowest BCUT2D eigenvalue weighted by atomic mass is 10.2. The summed E-state index contributed by atoms with van der Waals surface area (Å²) < 4.78 is 5.17. The van der Waals surface area contributed by atoms with Crippen LogP contribution in [0.25, 0.3) is 0 Å². The SMILES string of the molecule is Nc1cccc(C(=O)OCc2ccc(Cl)cc2Cl)c1. The lowest BCUT2D eigenvalue weighted by molar-refractivity contribution is 0.0473. The normalized spacial score (nSPS) is 10.2. The van der Waals surface area contributed by atoms with Gasteiger partial charge in [-0.15, -0.1) is 0 Å². The van der Waals surface area contributed by atoms with Gasteiger partial charge in [0.05, 0.1) is 5.56 Å². The molecule has 2 aromatic carbocycles. The molecular formula is C14H11Cl2NO2. The van der Waals surface area contributed by atoms with Crippen LogP contribution >= 0.6 is 23.2 Å². The smallest absolute Gasteiger partial charge is 0.338 e. The highest BCUT2D eigenvalue weighted by molar-refractivity contribution is 6.35. The van der Waals surface area contributed by atoms with Crippen LogP contribution in [0.1, 0.15) is 15.9 Å². The van der Waals surface area contributed by atoms with Crippen LogP contribution in [0.15, 0.2) is 42.5 Å². The lowest BCUT2D eigenvalue weighted by Crippen LogP contribution is -2.06. The van der Waals surface area contributed by atoms with Crippen molar-refractivity contribution in [2.24, 2.45) is 0 Å². The van der Waals surface area contributed by atoms with Crippen molar-refractivity contribution in [2.75, 3.05) is 5.73 Å². The molecule has 0 aromatic heterocycles. The summed E-state index contributed by atoms with van der Waals surface area (Å²) in [5.74, 6) is -0.446. The van der Waals surface area contributed by atoms with Crippen LogP contribution in [0.3, 0.4) is 0 Å². The van der Waals surface area contributed by atoms with Crippen molar-refractivity contribution in [3.63, 3.8) is 0 Å². The molecule has 0 aliphatic heterocycles. The van der Waals surface area contributed by atoms with Crippen LogP contribution in [0, 0.1) is 0 Å². The molecule has 0 heterocycles. The minimum Gasteiger partial charge on any atom is -0.457 e. The Kier molecular flexibility index (Phi) is 4.30. The Morgan fingerprint density at radius 1 is 1.16 bits per heavy atom. The molecule has 0 bridgehead atoms. The molecule has 0 amide bonds. The van der Waals surface area contributed by atoms with Gasteiger partial charge in [-0.3, -0.25) is 0 Å². The molecular weight excluding hydrogens is 285 g/mol. The largest absolute Gasteiger partial charge is 0.457 e. The van der Waals surface area contributed by atoms with Crippen LogP contribution < -0.4 is 5.73 Å². The highest BCUT2D eigenvalue weighted by atomic mass is 35.5. The fraction of sp³-hybridized carbons (Fsp3) is 0.0714. The number of anilines is 1. The zero-order chi connectivity index (χ0) is 13.8. The van der Waals surface area contributed by atoms with Gasteiger partial charge in [0.15, 0.2) is 0 Å². The van der Waals surface area contributed by atoms with E-state index in [2.05, 4.69) is 0 Å². The number of benzene rings is 2. The van der Waals surface area contributed by atoms with Crippen molar-refractivity contribution in [3.05, 3.63) is 63.6 Å². The Balaban J connectivity index is 2.04. The second-order valence-corrected chi connectivity index (χ2v) is 4.78. The van der Waals surface area contributed by atoms with E-state index in [1.165, 1.54) is 0 Å². The van der Waals surface area contributed by atoms with Crippen molar-refractivity contribution in [1.82, 2.24) is 0 Å². The van der Waals surface area contributed by atoms with Crippen LogP contribution in [0.4, 0.5) is 5.69 Å². The predicted molar refractivity (Wildman–Crippen MR) is 76.4 cm³/mol. The van der Waals surface area contributed by atoms with Crippen LogP contribution in [-0.4, -0.2) is 5.97 Å². The van der Waals surface area contributed by atoms with Crippen molar-refractivity contribution in [3.8, 4) is 0 Å². The van der Waals surface area contributed by atoms with E-state index in [4.69, 9.17) is 33.7 Å². The van der Waals surface area contributed by atoms with E-state index in [1.54, 1.807) is 42.5 Å². The maximum Gasteiger partial charge on any atom is 0.338 e. The Bertz CT molecular complexity index is 614. The van der Waals surface area contributed by atoms with E-state index in [9.17, 15) is 4.79 Å². The first-order valence-corrected chi connectivity index (χ1v) is 6.28. The summed E-state index contributed by atoms with van der Waals surface area (Å²) in [7, 11) is 0. The summed E-state index contributed by atoms with van der Waals surface area (Å²) in [6.07, 6.45) is 0. The molecule has 0 saturated carbocycles. The number of halogens is 2. The standard InChI is InChI=1S/C14H11Cl2NO2/c15-11-5-4-10(13(16)7-11)8-19-14(18)9-2-1-3-12(17)6-9/h1-7H,8,17H2. The Labute approximate surface area is 120 Å². The van der Waals surface area contributed by atoms with Gasteiger partial charge in [0.2, 0.25) is 0 Å². The quantitative estimate of drug-likeness (QED) is 0.689. The van der Waals surface area contributed by atoms with E-state index in [1.807, 2.05) is 0 Å². The molecule has 0 saturated heterocycles. The summed E-state index contributed by atoms with van der Waals surface area (Å²) in [5.41, 5.74) is 7.22. The number of nitrogen functional groups attached to an aromatic ring is 1. The van der Waals surface area contributed by atoms with Gasteiger partial charge < -0.3 is 10.5 Å². The fourth-order valence-corrected chi connectivity index (χ4v) is 1.99. The van der Waals surface area contributed by atoms with Gasteiger partial charge in [0.1, 0.15) is 6.61 Å². The number of ether oxygens (including phenoxy) is 1. The molecule has 0 aliphatic rings. The van der Waals surface area contributed by atoms with Crippen molar-refractivity contribution in [2.45, 2.75) is 6.61 Å². The van der Waals surface area contributed by atoms with Crippen LogP contribution in [-0.2, 0) is 11.3 Å². The molecule has 2 N–H and O–H groups in total. The second kappa shape index (κ2) is 5.95. The van der Waals surface area contributed by atoms with Gasteiger partial charge in [-0.25, -0.2) is 4.79 Å². The van der Waals surface area contributed by atoms with Crippen LogP contribution in [0.5, 0.6) is 0 Å². The van der Waals surface area contributed by atoms with E-state index in [0.29, 0.717) is 26.9 Å². The number of carbonyl (C=O) groups is 1. The maximum absolute atomic E-state index is 11.8. The summed E-state index contributed by atoms with van der Waals surface area (Å²) in [6, 6.07) is 11.6. The molecule has 2 aromatic rings. The van der Waals surface area contributed by atoms with Crippen LogP contribution in [0.2, 0.25) is 10.0 Å². The third-order valence-corrected chi connectivity index (χ3v) is 3.08. The Morgan fingerprint density at radius 3 is 2.63 bits per heavy atom. The van der Waals surface area contributed by atoms with Gasteiger partial charge in [-0.2, -0.15) is 0 Å². The molecule has 0 radical (unpaired) electrons. The molecule has 0 atom stereocenters. The highest BCUT2D eigenvalue weighted by Gasteiger charge is 2.09. The molecule has 2 rings (SSSR count). The average Bonchev–Trinajstić information content (AvgIpc) is 2.37. The predicted octanol–water partition coefficient (Wildman–Crippen LogP) is 3.93. The topological polar surface area (TPSA) is 52.3 Å². The number of nitrogens with two attached hydrogens (primary N) is 1. The van der Waals surface area contributed by atoms with Gasteiger partial charge in [0, 0.05) is 21.3 Å². The first kappa shape index (κ1) is 13.7. The molecule has 0 unspecified atom stereocenters. The van der Waals surface area contributed by atoms with Gasteiger partial charge in [0.25, 0.3) is 0 Å². The number of esters is 1. The monoisotopic (exact) mass is 295 g/mol. The van der Waals surface area contributed by atoms with E-state index >= 15 is 0 Å². The van der Waals surface area contributed by atoms with Gasteiger partial charge >= 0.3 is 5.97 Å². The molecule has 0 fully saturated rings. The highest BCUT2D eigenvalue weighted by Crippen LogP contribution is 2.22. The fourth-order valence-electron chi connectivity index (χ4n) is 1.53. The van der Waals surface area contributed by atoms with Gasteiger partial charge in [-0.05, 0) is 30.3 Å². The molecule has 19 heavy (non-hydrogen) atoms. The third-order valence-electron chi connectivity index (χ3n) is 2.50. The first-order valence-electron chi connectivity index (χ1n) is 5.53. The van der Waals surface area contributed by atoms with E-state index < -0.39 is 5.97 Å². The Hall–Kier alpha value is -1.71. The zero-order valence-corrected chi connectivity index (χ0v) is 11.4. The molecule has 5 heteroatoms. The summed E-state index contributed by atoms with van der Waals surface area (Å²) in [4.78, 5) is 11.8. The molecule has 98 valence electrons. The third kappa shape index (κ3) is 3.63. The summed E-state index contributed by atoms with van der Waals surface area (Å²) in [6.45, 7) is 0.0869. The molecule has 3 nitrogen and oxygen atoms in total. The van der Waals surface area contributed by atoms with Gasteiger partial charge in [-0.1, -0.05) is 35.3 Å². The minimum absolute atomic E-state index is 0.0869. The second-order valence-electron chi connectivity index (χ2n) is 3.94. The number of rotatable bonds is 3. The maximum atomic E-state index is 11.8. The van der Waals surface area contributed by atoms with E-state index in [0.717, 1.165) is 0 Å². The number of carbonyl (C=O) groups excluding carboxylic acids is 1.